The van der Waals surface area contributed by atoms with Crippen molar-refractivity contribution < 1.29 is 38.9 Å². The Hall–Kier alpha value is -3.93. The Kier molecular flexibility index (Phi) is 10.6. The molecule has 2 aromatic rings. The molecule has 12 nitrogen and oxygen atoms in total. The number of hydrogen-bond acceptors (Lipinski definition) is 7. The molecule has 6 N–H and O–H groups in total. The van der Waals surface area contributed by atoms with Gasteiger partial charge in [-0.1, -0.05) is 32.0 Å². The van der Waals surface area contributed by atoms with Gasteiger partial charge in [0, 0.05) is 17.1 Å². The van der Waals surface area contributed by atoms with Crippen LogP contribution in [0.25, 0.3) is 10.9 Å². The lowest BCUT2D eigenvalue weighted by molar-refractivity contribution is -0.149. The Morgan fingerprint density at radius 2 is 1.57 bits per heavy atom. The van der Waals surface area contributed by atoms with Gasteiger partial charge in [0.25, 0.3) is 0 Å². The number of amides is 2. The van der Waals surface area contributed by atoms with Crippen molar-refractivity contribution in [2.75, 3.05) is 7.11 Å². The molecule has 2 rings (SSSR count). The summed E-state index contributed by atoms with van der Waals surface area (Å²) in [5.41, 5.74) is 1.63. The molecule has 0 saturated heterocycles. The molecule has 37 heavy (non-hydrogen) atoms. The van der Waals surface area contributed by atoms with E-state index < -0.39 is 60.3 Å². The molecule has 0 fully saturated rings. The number of carbonyl (C=O) groups is 5. The molecule has 0 radical (unpaired) electrons. The van der Waals surface area contributed by atoms with Gasteiger partial charge >= 0.3 is 17.9 Å². The van der Waals surface area contributed by atoms with E-state index in [1.807, 2.05) is 38.1 Å². The normalized spacial score (nSPS) is 14.4. The molecule has 1 aromatic heterocycles. The first-order chi connectivity index (χ1) is 17.4. The van der Waals surface area contributed by atoms with E-state index in [2.05, 4.69) is 25.7 Å². The van der Waals surface area contributed by atoms with Crippen molar-refractivity contribution >= 4 is 40.6 Å². The number of benzene rings is 1. The molecule has 0 aliphatic carbocycles. The molecule has 0 bridgehead atoms. The quantitative estimate of drug-likeness (QED) is 0.197. The van der Waals surface area contributed by atoms with E-state index in [9.17, 15) is 29.1 Å². The Bertz CT molecular complexity index is 1130. The number of esters is 1. The van der Waals surface area contributed by atoms with Crippen LogP contribution in [0.3, 0.4) is 0 Å². The van der Waals surface area contributed by atoms with Gasteiger partial charge in [0.05, 0.1) is 19.6 Å². The molecular weight excluding hydrogens is 484 g/mol. The third-order valence-corrected chi connectivity index (χ3v) is 5.76. The van der Waals surface area contributed by atoms with Crippen LogP contribution in [0.2, 0.25) is 0 Å². The molecule has 1 heterocycles. The highest BCUT2D eigenvalue weighted by Crippen LogP contribution is 2.19. The van der Waals surface area contributed by atoms with Crippen molar-refractivity contribution in [3.63, 3.8) is 0 Å². The Morgan fingerprint density at radius 1 is 0.946 bits per heavy atom. The average molecular weight is 519 g/mol. The molecule has 0 saturated carbocycles. The van der Waals surface area contributed by atoms with Gasteiger partial charge < -0.3 is 30.6 Å². The van der Waals surface area contributed by atoms with E-state index in [0.29, 0.717) is 0 Å². The summed E-state index contributed by atoms with van der Waals surface area (Å²) in [6.07, 6.45) is 1.37. The summed E-state index contributed by atoms with van der Waals surface area (Å²) >= 11 is 0. The average Bonchev–Trinajstić information content (AvgIpc) is 3.24. The summed E-state index contributed by atoms with van der Waals surface area (Å²) in [4.78, 5) is 64.1. The highest BCUT2D eigenvalue weighted by Gasteiger charge is 2.32. The monoisotopic (exact) mass is 518 g/mol. The number of aromatic amines is 1. The van der Waals surface area contributed by atoms with Crippen LogP contribution in [0.5, 0.6) is 0 Å². The van der Waals surface area contributed by atoms with Gasteiger partial charge in [-0.05, 0) is 37.3 Å². The number of rotatable bonds is 14. The lowest BCUT2D eigenvalue weighted by Gasteiger charge is -2.26. The zero-order valence-electron chi connectivity index (χ0n) is 21.2. The third kappa shape index (κ3) is 8.60. The fourth-order valence-corrected chi connectivity index (χ4v) is 3.88. The van der Waals surface area contributed by atoms with Crippen LogP contribution in [-0.4, -0.2) is 76.2 Å². The molecule has 4 atom stereocenters. The fourth-order valence-electron chi connectivity index (χ4n) is 3.88. The molecule has 202 valence electrons. The minimum Gasteiger partial charge on any atom is -0.481 e. The number of carboxylic acids is 2. The maximum atomic E-state index is 13.4. The number of aromatic nitrogens is 1. The van der Waals surface area contributed by atoms with E-state index in [-0.39, 0.29) is 18.8 Å². The van der Waals surface area contributed by atoms with Crippen LogP contribution in [0.1, 0.15) is 39.2 Å². The first-order valence-corrected chi connectivity index (χ1v) is 11.9. The zero-order chi connectivity index (χ0) is 27.7. The lowest BCUT2D eigenvalue weighted by atomic mass is 10.00. The molecule has 1 unspecified atom stereocenters. The van der Waals surface area contributed by atoms with E-state index in [0.717, 1.165) is 23.6 Å². The number of H-pyrrole nitrogens is 1. The van der Waals surface area contributed by atoms with Crippen molar-refractivity contribution in [2.45, 2.75) is 64.2 Å². The third-order valence-electron chi connectivity index (χ3n) is 5.76. The van der Waals surface area contributed by atoms with Crippen LogP contribution >= 0.6 is 0 Å². The maximum Gasteiger partial charge on any atom is 0.328 e. The van der Waals surface area contributed by atoms with E-state index in [1.54, 1.807) is 6.20 Å². The second kappa shape index (κ2) is 13.4. The first kappa shape index (κ1) is 29.3. The van der Waals surface area contributed by atoms with Crippen LogP contribution in [-0.2, 0) is 35.1 Å². The summed E-state index contributed by atoms with van der Waals surface area (Å²) in [5.74, 6) is -4.82. The van der Waals surface area contributed by atoms with Crippen molar-refractivity contribution in [2.24, 2.45) is 5.92 Å². The summed E-state index contributed by atoms with van der Waals surface area (Å²) in [7, 11) is 1.07. The molecule has 0 aliphatic heterocycles. The number of ether oxygens (including phenoxy) is 1. The summed E-state index contributed by atoms with van der Waals surface area (Å²) in [5, 5.41) is 27.1. The minimum absolute atomic E-state index is 0.0509. The summed E-state index contributed by atoms with van der Waals surface area (Å²) < 4.78 is 4.58. The Balaban J connectivity index is 2.28. The summed E-state index contributed by atoms with van der Waals surface area (Å²) in [6.45, 7) is 5.06. The van der Waals surface area contributed by atoms with Gasteiger partial charge in [-0.2, -0.15) is 0 Å². The minimum atomic E-state index is -1.44. The van der Waals surface area contributed by atoms with Gasteiger partial charge in [-0.25, -0.2) is 4.79 Å². The van der Waals surface area contributed by atoms with Gasteiger partial charge in [0.2, 0.25) is 11.8 Å². The number of methoxy groups -OCH3 is 1. The van der Waals surface area contributed by atoms with Crippen LogP contribution < -0.4 is 16.0 Å². The topological polar surface area (TPSA) is 187 Å². The fraction of sp³-hybridized carbons (Fsp3) is 0.480. The van der Waals surface area contributed by atoms with E-state index in [1.165, 1.54) is 6.92 Å². The maximum absolute atomic E-state index is 13.4. The highest BCUT2D eigenvalue weighted by atomic mass is 16.5. The number of nitrogens with one attached hydrogen (secondary N) is 4. The molecule has 0 aliphatic rings. The number of fused-ring (bicyclic) bond motifs is 1. The van der Waals surface area contributed by atoms with Crippen molar-refractivity contribution in [1.29, 1.82) is 0 Å². The number of hydrogen-bond donors (Lipinski definition) is 6. The van der Waals surface area contributed by atoms with Gasteiger partial charge in [-0.3, -0.25) is 24.5 Å². The standard InChI is InChI=1S/C25H34N4O8/c1-13(2)9-18(22(32)29-20(11-21(30)31)25(36)37-4)28-23(33)19(27-14(3)24(34)35)10-15-12-26-17-8-6-5-7-16(15)17/h5-8,12-14,18-20,26-27H,9-11H2,1-4H3,(H,28,33)(H,29,32)(H,30,31)(H,34,35)/t14?,18-,19-,20-/m0/s1. The summed E-state index contributed by atoms with van der Waals surface area (Å²) in [6, 6.07) is 2.84. The van der Waals surface area contributed by atoms with Gasteiger partial charge in [0.15, 0.2) is 0 Å². The number of aliphatic carboxylic acids is 2. The highest BCUT2D eigenvalue weighted by molar-refractivity contribution is 5.94. The first-order valence-electron chi connectivity index (χ1n) is 11.9. The number of carbonyl (C=O) groups excluding carboxylic acids is 3. The van der Waals surface area contributed by atoms with Crippen molar-refractivity contribution in [1.82, 2.24) is 20.9 Å². The molecule has 0 spiro atoms. The second-order valence-corrected chi connectivity index (χ2v) is 9.22. The second-order valence-electron chi connectivity index (χ2n) is 9.22. The van der Waals surface area contributed by atoms with Gasteiger partial charge in [-0.15, -0.1) is 0 Å². The number of para-hydroxylation sites is 1. The van der Waals surface area contributed by atoms with Crippen molar-refractivity contribution in [3.05, 3.63) is 36.0 Å². The van der Waals surface area contributed by atoms with Crippen LogP contribution in [0.15, 0.2) is 30.5 Å². The Morgan fingerprint density at radius 3 is 2.16 bits per heavy atom. The smallest absolute Gasteiger partial charge is 0.328 e. The van der Waals surface area contributed by atoms with E-state index >= 15 is 0 Å². The largest absolute Gasteiger partial charge is 0.481 e. The van der Waals surface area contributed by atoms with E-state index in [4.69, 9.17) is 5.11 Å². The van der Waals surface area contributed by atoms with Gasteiger partial charge in [0.1, 0.15) is 18.1 Å². The SMILES string of the molecule is COC(=O)[C@H](CC(=O)O)NC(=O)[C@H](CC(C)C)NC(=O)[C@H](Cc1c[nH]c2ccccc12)NC(C)C(=O)O. The zero-order valence-corrected chi connectivity index (χ0v) is 21.2. The predicted molar refractivity (Wildman–Crippen MR) is 134 cm³/mol. The van der Waals surface area contributed by atoms with Crippen LogP contribution in [0, 0.1) is 5.92 Å². The molecule has 12 heteroatoms. The lowest BCUT2D eigenvalue weighted by Crippen LogP contribution is -2.57. The Labute approximate surface area is 214 Å². The predicted octanol–water partition coefficient (Wildman–Crippen LogP) is 0.805. The van der Waals surface area contributed by atoms with Crippen molar-refractivity contribution in [3.8, 4) is 0 Å². The molecule has 2 amide bonds. The number of carboxylic acid groups (broad SMARTS) is 2. The molecule has 1 aromatic carbocycles. The molecular formula is C25H34N4O8. The van der Waals surface area contributed by atoms with Crippen LogP contribution in [0.4, 0.5) is 0 Å².